The Bertz CT molecular complexity index is 551. The van der Waals surface area contributed by atoms with Crippen LogP contribution in [0.5, 0.6) is 0 Å². The molecule has 0 radical (unpaired) electrons. The second kappa shape index (κ2) is 4.24. The zero-order chi connectivity index (χ0) is 11.8. The molecule has 0 saturated heterocycles. The van der Waals surface area contributed by atoms with Gasteiger partial charge in [-0.2, -0.15) is 0 Å². The highest BCUT2D eigenvalue weighted by molar-refractivity contribution is 9.10. The Balaban J connectivity index is 2.01. The van der Waals surface area contributed by atoms with E-state index in [1.54, 1.807) is 12.1 Å². The third-order valence-corrected chi connectivity index (χ3v) is 3.46. The molecule has 3 rings (SSSR count). The Morgan fingerprint density at radius 2 is 1.88 bits per heavy atom. The monoisotopic (exact) mass is 292 g/mol. The smallest absolute Gasteiger partial charge is 0.123 e. The Kier molecular flexibility index (Phi) is 2.73. The summed E-state index contributed by atoms with van der Waals surface area (Å²) in [4.78, 5) is 0. The third kappa shape index (κ3) is 2.01. The van der Waals surface area contributed by atoms with Crippen molar-refractivity contribution < 1.29 is 9.13 Å². The summed E-state index contributed by atoms with van der Waals surface area (Å²) in [6.07, 6.45) is -0.0706. The minimum atomic E-state index is -0.220. The van der Waals surface area contributed by atoms with E-state index in [2.05, 4.69) is 28.1 Å². The van der Waals surface area contributed by atoms with Crippen LogP contribution in [0.4, 0.5) is 4.39 Å². The summed E-state index contributed by atoms with van der Waals surface area (Å²) >= 11 is 3.45. The Labute approximate surface area is 107 Å². The molecule has 1 atom stereocenters. The normalized spacial score (nSPS) is 18.1. The maximum atomic E-state index is 12.9. The number of fused-ring (bicyclic) bond motifs is 1. The Morgan fingerprint density at radius 3 is 2.65 bits per heavy atom. The molecular weight excluding hydrogens is 283 g/mol. The van der Waals surface area contributed by atoms with Gasteiger partial charge in [-0.3, -0.25) is 0 Å². The van der Waals surface area contributed by atoms with Gasteiger partial charge in [-0.25, -0.2) is 4.39 Å². The topological polar surface area (TPSA) is 9.23 Å². The minimum absolute atomic E-state index is 0.0706. The van der Waals surface area contributed by atoms with E-state index in [4.69, 9.17) is 4.74 Å². The van der Waals surface area contributed by atoms with Crippen molar-refractivity contribution in [2.75, 3.05) is 0 Å². The maximum Gasteiger partial charge on any atom is 0.123 e. The molecule has 1 aliphatic heterocycles. The molecule has 0 saturated carbocycles. The fraction of sp³-hybridized carbons (Fsp3) is 0.143. The first-order chi connectivity index (χ1) is 8.24. The average molecular weight is 293 g/mol. The summed E-state index contributed by atoms with van der Waals surface area (Å²) in [6.45, 7) is 0.608. The highest BCUT2D eigenvalue weighted by Crippen LogP contribution is 2.36. The minimum Gasteiger partial charge on any atom is -0.364 e. The lowest BCUT2D eigenvalue weighted by atomic mass is 10.00. The van der Waals surface area contributed by atoms with Crippen molar-refractivity contribution in [3.8, 4) is 0 Å². The van der Waals surface area contributed by atoms with Gasteiger partial charge in [0.15, 0.2) is 0 Å². The van der Waals surface area contributed by atoms with Crippen LogP contribution in [0, 0.1) is 5.82 Å². The van der Waals surface area contributed by atoms with E-state index in [0.29, 0.717) is 6.61 Å². The van der Waals surface area contributed by atoms with Crippen molar-refractivity contribution in [1.29, 1.82) is 0 Å². The Hall–Kier alpha value is -1.19. The van der Waals surface area contributed by atoms with Crippen LogP contribution < -0.4 is 0 Å². The van der Waals surface area contributed by atoms with Crippen LogP contribution in [0.1, 0.15) is 22.8 Å². The highest BCUT2D eigenvalue weighted by atomic mass is 79.9. The number of hydrogen-bond acceptors (Lipinski definition) is 1. The van der Waals surface area contributed by atoms with E-state index in [9.17, 15) is 4.39 Å². The second-order valence-corrected chi connectivity index (χ2v) is 5.00. The van der Waals surface area contributed by atoms with Crippen molar-refractivity contribution in [1.82, 2.24) is 0 Å². The van der Waals surface area contributed by atoms with Crippen molar-refractivity contribution in [3.05, 3.63) is 69.4 Å². The molecule has 86 valence electrons. The van der Waals surface area contributed by atoms with Crippen molar-refractivity contribution in [2.24, 2.45) is 0 Å². The van der Waals surface area contributed by atoms with Gasteiger partial charge in [0.1, 0.15) is 11.9 Å². The lowest BCUT2D eigenvalue weighted by Crippen LogP contribution is -1.98. The van der Waals surface area contributed by atoms with Gasteiger partial charge in [0.25, 0.3) is 0 Å². The van der Waals surface area contributed by atoms with E-state index in [-0.39, 0.29) is 11.9 Å². The molecule has 0 bridgehead atoms. The molecular formula is C14H10BrFO. The van der Waals surface area contributed by atoms with Crippen LogP contribution >= 0.6 is 15.9 Å². The summed E-state index contributed by atoms with van der Waals surface area (Å²) < 4.78 is 19.7. The standard InChI is InChI=1S/C14H10BrFO/c15-11-3-6-13-10(7-11)8-17-14(13)9-1-4-12(16)5-2-9/h1-7,14H,8H2/t14-/m1/s1. The summed E-state index contributed by atoms with van der Waals surface area (Å²) in [5.41, 5.74) is 3.35. The van der Waals surface area contributed by atoms with E-state index < -0.39 is 0 Å². The summed E-state index contributed by atoms with van der Waals surface area (Å²) in [7, 11) is 0. The quantitative estimate of drug-likeness (QED) is 0.765. The summed E-state index contributed by atoms with van der Waals surface area (Å²) in [5, 5.41) is 0. The number of hydrogen-bond donors (Lipinski definition) is 0. The van der Waals surface area contributed by atoms with Crippen molar-refractivity contribution in [2.45, 2.75) is 12.7 Å². The zero-order valence-electron chi connectivity index (χ0n) is 8.99. The lowest BCUT2D eigenvalue weighted by Gasteiger charge is -2.11. The molecule has 2 aromatic carbocycles. The molecule has 0 fully saturated rings. The van der Waals surface area contributed by atoms with Crippen molar-refractivity contribution in [3.63, 3.8) is 0 Å². The van der Waals surface area contributed by atoms with Crippen LogP contribution in [0.3, 0.4) is 0 Å². The van der Waals surface area contributed by atoms with Gasteiger partial charge in [-0.15, -0.1) is 0 Å². The van der Waals surface area contributed by atoms with Crippen LogP contribution in [0.2, 0.25) is 0 Å². The number of rotatable bonds is 1. The van der Waals surface area contributed by atoms with Gasteiger partial charge >= 0.3 is 0 Å². The van der Waals surface area contributed by atoms with Crippen LogP contribution in [-0.2, 0) is 11.3 Å². The molecule has 0 spiro atoms. The van der Waals surface area contributed by atoms with E-state index in [1.165, 1.54) is 23.3 Å². The molecule has 0 aromatic heterocycles. The fourth-order valence-electron chi connectivity index (χ4n) is 2.13. The van der Waals surface area contributed by atoms with E-state index in [1.807, 2.05) is 6.07 Å². The van der Waals surface area contributed by atoms with Gasteiger partial charge in [-0.1, -0.05) is 34.1 Å². The van der Waals surface area contributed by atoms with Gasteiger partial charge in [0.05, 0.1) is 6.61 Å². The van der Waals surface area contributed by atoms with Gasteiger partial charge in [-0.05, 0) is 41.0 Å². The fourth-order valence-corrected chi connectivity index (χ4v) is 2.54. The van der Waals surface area contributed by atoms with E-state index in [0.717, 1.165) is 10.0 Å². The predicted molar refractivity (Wildman–Crippen MR) is 67.2 cm³/mol. The Morgan fingerprint density at radius 1 is 1.12 bits per heavy atom. The largest absolute Gasteiger partial charge is 0.364 e. The third-order valence-electron chi connectivity index (χ3n) is 2.97. The van der Waals surface area contributed by atoms with Crippen LogP contribution in [0.15, 0.2) is 46.9 Å². The molecule has 1 aliphatic rings. The maximum absolute atomic E-state index is 12.9. The second-order valence-electron chi connectivity index (χ2n) is 4.09. The zero-order valence-corrected chi connectivity index (χ0v) is 10.6. The summed E-state index contributed by atoms with van der Waals surface area (Å²) in [5.74, 6) is -0.220. The predicted octanol–water partition coefficient (Wildman–Crippen LogP) is 4.21. The van der Waals surface area contributed by atoms with Gasteiger partial charge in [0.2, 0.25) is 0 Å². The first-order valence-electron chi connectivity index (χ1n) is 5.39. The molecule has 2 aromatic rings. The molecule has 0 amide bonds. The average Bonchev–Trinajstić information content (AvgIpc) is 2.73. The molecule has 0 unspecified atom stereocenters. The first kappa shape index (κ1) is 10.9. The number of ether oxygens (including phenoxy) is 1. The SMILES string of the molecule is Fc1ccc([C@H]2OCc3cc(Br)ccc32)cc1. The highest BCUT2D eigenvalue weighted by Gasteiger charge is 2.24. The number of halogens is 2. The molecule has 17 heavy (non-hydrogen) atoms. The number of benzene rings is 2. The molecule has 0 aliphatic carbocycles. The lowest BCUT2D eigenvalue weighted by molar-refractivity contribution is 0.0939. The molecule has 1 nitrogen and oxygen atoms in total. The van der Waals surface area contributed by atoms with Crippen LogP contribution in [-0.4, -0.2) is 0 Å². The summed E-state index contributed by atoms with van der Waals surface area (Å²) in [6, 6.07) is 12.6. The molecule has 1 heterocycles. The molecule has 0 N–H and O–H groups in total. The van der Waals surface area contributed by atoms with Crippen molar-refractivity contribution >= 4 is 15.9 Å². The van der Waals surface area contributed by atoms with Gasteiger partial charge < -0.3 is 4.74 Å². The first-order valence-corrected chi connectivity index (χ1v) is 6.19. The van der Waals surface area contributed by atoms with Crippen LogP contribution in [0.25, 0.3) is 0 Å². The van der Waals surface area contributed by atoms with Gasteiger partial charge in [0, 0.05) is 4.47 Å². The van der Waals surface area contributed by atoms with E-state index >= 15 is 0 Å². The molecule has 3 heteroatoms.